The minimum Gasteiger partial charge on any atom is -0.454 e. The molecular weight excluding hydrogens is 354 g/mol. The normalized spacial score (nSPS) is 11.9. The number of hydrogen-bond donors (Lipinski definition) is 2. The minimum absolute atomic E-state index is 0.231. The van der Waals surface area contributed by atoms with Crippen LogP contribution in [0.5, 0.6) is 11.5 Å². The van der Waals surface area contributed by atoms with Crippen LogP contribution in [0.2, 0.25) is 0 Å². The second-order valence-corrected chi connectivity index (χ2v) is 6.80. The van der Waals surface area contributed by atoms with Crippen molar-refractivity contribution in [3.05, 3.63) is 77.1 Å². The fourth-order valence-corrected chi connectivity index (χ4v) is 3.17. The molecule has 0 bridgehead atoms. The van der Waals surface area contributed by atoms with Gasteiger partial charge in [-0.15, -0.1) is 0 Å². The summed E-state index contributed by atoms with van der Waals surface area (Å²) in [4.78, 5) is 16.7. The van der Waals surface area contributed by atoms with Gasteiger partial charge in [0, 0.05) is 24.1 Å². The zero-order valence-electron chi connectivity index (χ0n) is 15.8. The standard InChI is InChI=1S/C22H21N3O3/c1-14-7-15(2)9-18(8-14)25-17-5-6-23-19(11-17)22(26)24-12-16-3-4-20-21(10-16)28-13-27-20/h3-11H,12-13H2,1-2H3,(H,23,25)(H,24,26). The van der Waals surface area contributed by atoms with Gasteiger partial charge in [-0.3, -0.25) is 9.78 Å². The van der Waals surface area contributed by atoms with E-state index >= 15 is 0 Å². The van der Waals surface area contributed by atoms with Gasteiger partial charge in [-0.25, -0.2) is 0 Å². The van der Waals surface area contributed by atoms with Crippen LogP contribution in [0.3, 0.4) is 0 Å². The van der Waals surface area contributed by atoms with Gasteiger partial charge in [0.1, 0.15) is 5.69 Å². The number of hydrogen-bond acceptors (Lipinski definition) is 5. The zero-order valence-corrected chi connectivity index (χ0v) is 15.8. The molecule has 142 valence electrons. The zero-order chi connectivity index (χ0) is 19.5. The molecule has 28 heavy (non-hydrogen) atoms. The molecule has 0 spiro atoms. The maximum Gasteiger partial charge on any atom is 0.270 e. The molecule has 0 unspecified atom stereocenters. The Morgan fingerprint density at radius 1 is 0.964 bits per heavy atom. The van der Waals surface area contributed by atoms with Gasteiger partial charge in [-0.05, 0) is 66.9 Å². The van der Waals surface area contributed by atoms with Crippen LogP contribution >= 0.6 is 0 Å². The molecule has 0 saturated carbocycles. The van der Waals surface area contributed by atoms with Crippen LogP contribution in [0.1, 0.15) is 27.2 Å². The summed E-state index contributed by atoms with van der Waals surface area (Å²) >= 11 is 0. The van der Waals surface area contributed by atoms with Gasteiger partial charge in [0.05, 0.1) is 0 Å². The van der Waals surface area contributed by atoms with Crippen LogP contribution in [0.25, 0.3) is 0 Å². The average molecular weight is 375 g/mol. The van der Waals surface area contributed by atoms with Gasteiger partial charge in [0.15, 0.2) is 11.5 Å². The minimum atomic E-state index is -0.235. The Morgan fingerprint density at radius 2 is 1.75 bits per heavy atom. The molecule has 0 aliphatic carbocycles. The van der Waals surface area contributed by atoms with Crippen molar-refractivity contribution in [3.8, 4) is 11.5 Å². The van der Waals surface area contributed by atoms with E-state index in [0.29, 0.717) is 18.0 Å². The number of carbonyl (C=O) groups is 1. The van der Waals surface area contributed by atoms with Crippen LogP contribution < -0.4 is 20.1 Å². The molecule has 0 saturated heterocycles. The number of fused-ring (bicyclic) bond motifs is 1. The topological polar surface area (TPSA) is 72.5 Å². The van der Waals surface area contributed by atoms with E-state index in [1.165, 1.54) is 11.1 Å². The summed E-state index contributed by atoms with van der Waals surface area (Å²) in [5.74, 6) is 1.19. The van der Waals surface area contributed by atoms with E-state index in [9.17, 15) is 4.79 Å². The maximum absolute atomic E-state index is 12.5. The smallest absolute Gasteiger partial charge is 0.270 e. The first kappa shape index (κ1) is 17.9. The molecule has 1 aliphatic rings. The van der Waals surface area contributed by atoms with Gasteiger partial charge < -0.3 is 20.1 Å². The lowest BCUT2D eigenvalue weighted by Gasteiger charge is -2.10. The highest BCUT2D eigenvalue weighted by Crippen LogP contribution is 2.32. The van der Waals surface area contributed by atoms with E-state index in [1.54, 1.807) is 12.3 Å². The number of ether oxygens (including phenoxy) is 2. The largest absolute Gasteiger partial charge is 0.454 e. The summed E-state index contributed by atoms with van der Waals surface area (Å²) < 4.78 is 10.7. The molecule has 0 atom stereocenters. The first-order chi connectivity index (χ1) is 13.6. The predicted octanol–water partition coefficient (Wildman–Crippen LogP) is 4.10. The third-order valence-corrected chi connectivity index (χ3v) is 4.39. The van der Waals surface area contributed by atoms with Crippen LogP contribution in [-0.4, -0.2) is 17.7 Å². The van der Waals surface area contributed by atoms with Gasteiger partial charge in [-0.2, -0.15) is 0 Å². The van der Waals surface area contributed by atoms with Gasteiger partial charge in [0.25, 0.3) is 5.91 Å². The summed E-state index contributed by atoms with van der Waals surface area (Å²) in [6.45, 7) is 4.72. The highest BCUT2D eigenvalue weighted by molar-refractivity contribution is 5.93. The van der Waals surface area contributed by atoms with Gasteiger partial charge in [0.2, 0.25) is 6.79 Å². The number of anilines is 2. The lowest BCUT2D eigenvalue weighted by Crippen LogP contribution is -2.23. The van der Waals surface area contributed by atoms with Crippen molar-refractivity contribution in [2.45, 2.75) is 20.4 Å². The Hall–Kier alpha value is -3.54. The number of aromatic nitrogens is 1. The first-order valence-electron chi connectivity index (χ1n) is 9.05. The lowest BCUT2D eigenvalue weighted by atomic mass is 10.1. The number of nitrogens with zero attached hydrogens (tertiary/aromatic N) is 1. The highest BCUT2D eigenvalue weighted by atomic mass is 16.7. The summed E-state index contributed by atoms with van der Waals surface area (Å²) in [5, 5.41) is 6.22. The first-order valence-corrected chi connectivity index (χ1v) is 9.05. The summed E-state index contributed by atoms with van der Waals surface area (Å²) in [7, 11) is 0. The highest BCUT2D eigenvalue weighted by Gasteiger charge is 2.14. The Morgan fingerprint density at radius 3 is 2.57 bits per heavy atom. The Kier molecular flexibility index (Phi) is 4.85. The maximum atomic E-state index is 12.5. The Bertz CT molecular complexity index is 1010. The molecule has 2 heterocycles. The Labute approximate surface area is 163 Å². The molecule has 2 aromatic carbocycles. The van der Waals surface area contributed by atoms with Crippen LogP contribution in [0.4, 0.5) is 11.4 Å². The summed E-state index contributed by atoms with van der Waals surface area (Å²) in [6.07, 6.45) is 1.63. The van der Waals surface area contributed by atoms with Gasteiger partial charge >= 0.3 is 0 Å². The molecule has 6 heteroatoms. The summed E-state index contributed by atoms with van der Waals surface area (Å²) in [6, 6.07) is 15.4. The number of carbonyl (C=O) groups excluding carboxylic acids is 1. The fourth-order valence-electron chi connectivity index (χ4n) is 3.17. The Balaban J connectivity index is 1.42. The molecular formula is C22H21N3O3. The van der Waals surface area contributed by atoms with Gasteiger partial charge in [-0.1, -0.05) is 12.1 Å². The van der Waals surface area contributed by atoms with E-state index in [0.717, 1.165) is 22.7 Å². The van der Waals surface area contributed by atoms with E-state index in [-0.39, 0.29) is 12.7 Å². The third kappa shape index (κ3) is 4.06. The van der Waals surface area contributed by atoms with Crippen LogP contribution in [-0.2, 0) is 6.54 Å². The van der Waals surface area contributed by atoms with Crippen LogP contribution in [0, 0.1) is 13.8 Å². The van der Waals surface area contributed by atoms with E-state index < -0.39 is 0 Å². The summed E-state index contributed by atoms with van der Waals surface area (Å²) in [5.41, 5.74) is 5.44. The van der Waals surface area contributed by atoms with E-state index in [4.69, 9.17) is 9.47 Å². The molecule has 2 N–H and O–H groups in total. The van der Waals surface area contributed by atoms with Crippen LogP contribution in [0.15, 0.2) is 54.7 Å². The van der Waals surface area contributed by atoms with Crippen molar-refractivity contribution in [3.63, 3.8) is 0 Å². The monoisotopic (exact) mass is 375 g/mol. The molecule has 1 aromatic heterocycles. The molecule has 0 fully saturated rings. The molecule has 4 rings (SSSR count). The predicted molar refractivity (Wildman–Crippen MR) is 107 cm³/mol. The fraction of sp³-hybridized carbons (Fsp3) is 0.182. The number of nitrogens with one attached hydrogen (secondary N) is 2. The number of amides is 1. The van der Waals surface area contributed by atoms with Crippen molar-refractivity contribution >= 4 is 17.3 Å². The van der Waals surface area contributed by atoms with E-state index in [2.05, 4.69) is 47.7 Å². The second kappa shape index (κ2) is 7.60. The lowest BCUT2D eigenvalue weighted by molar-refractivity contribution is 0.0946. The van der Waals surface area contributed by atoms with Crippen molar-refractivity contribution in [1.29, 1.82) is 0 Å². The molecule has 1 amide bonds. The van der Waals surface area contributed by atoms with Crippen molar-refractivity contribution in [2.24, 2.45) is 0 Å². The second-order valence-electron chi connectivity index (χ2n) is 6.80. The third-order valence-electron chi connectivity index (χ3n) is 4.39. The molecule has 6 nitrogen and oxygen atoms in total. The molecule has 3 aromatic rings. The van der Waals surface area contributed by atoms with Crippen molar-refractivity contribution in [1.82, 2.24) is 10.3 Å². The SMILES string of the molecule is Cc1cc(C)cc(Nc2ccnc(C(=O)NCc3ccc4c(c3)OCO4)c2)c1. The molecule has 0 radical (unpaired) electrons. The van der Waals surface area contributed by atoms with E-state index in [1.807, 2.05) is 24.3 Å². The van der Waals surface area contributed by atoms with Crippen molar-refractivity contribution in [2.75, 3.05) is 12.1 Å². The van der Waals surface area contributed by atoms with Crippen molar-refractivity contribution < 1.29 is 14.3 Å². The quantitative estimate of drug-likeness (QED) is 0.702. The number of aryl methyl sites for hydroxylation is 2. The number of pyridine rings is 1. The number of benzene rings is 2. The average Bonchev–Trinajstić information content (AvgIpc) is 3.13. The molecule has 1 aliphatic heterocycles. The number of rotatable bonds is 5.